The molecule has 0 fully saturated rings. The molecule has 0 amide bonds. The number of hydrogen-bond acceptors (Lipinski definition) is 3. The van der Waals surface area contributed by atoms with E-state index in [-0.39, 0.29) is 23.5 Å². The second-order valence-electron chi connectivity index (χ2n) is 9.79. The highest BCUT2D eigenvalue weighted by molar-refractivity contribution is 4.76. The summed E-state index contributed by atoms with van der Waals surface area (Å²) in [5.41, 5.74) is 0.441. The van der Waals surface area contributed by atoms with Crippen LogP contribution in [0.15, 0.2) is 0 Å². The lowest BCUT2D eigenvalue weighted by Gasteiger charge is -2.30. The highest BCUT2D eigenvalue weighted by Gasteiger charge is 2.25. The summed E-state index contributed by atoms with van der Waals surface area (Å²) in [7, 11) is 1.79. The smallest absolute Gasteiger partial charge is 0.0594 e. The van der Waals surface area contributed by atoms with Crippen molar-refractivity contribution in [1.82, 2.24) is 0 Å². The van der Waals surface area contributed by atoms with E-state index < -0.39 is 0 Å². The SMILES string of the molecule is COC(C)C(C)(C)CCCCCC(O)CCCCCC(C)(C)C(C)CO. The number of aliphatic hydroxyl groups excluding tert-OH is 2. The Morgan fingerprint density at radius 3 is 1.65 bits per heavy atom. The summed E-state index contributed by atoms with van der Waals surface area (Å²) in [5.74, 6) is 0.352. The Bertz CT molecular complexity index is 306. The maximum atomic E-state index is 10.2. The van der Waals surface area contributed by atoms with Crippen molar-refractivity contribution in [3.05, 3.63) is 0 Å². The van der Waals surface area contributed by atoms with Gasteiger partial charge in [-0.15, -0.1) is 0 Å². The van der Waals surface area contributed by atoms with Crippen molar-refractivity contribution in [2.45, 2.75) is 118 Å². The lowest BCUT2D eigenvalue weighted by Crippen LogP contribution is -2.28. The highest BCUT2D eigenvalue weighted by Crippen LogP contribution is 2.32. The third kappa shape index (κ3) is 10.9. The summed E-state index contributed by atoms with van der Waals surface area (Å²) >= 11 is 0. The van der Waals surface area contributed by atoms with Gasteiger partial charge in [0, 0.05) is 13.7 Å². The Morgan fingerprint density at radius 1 is 0.769 bits per heavy atom. The zero-order chi connectivity index (χ0) is 20.2. The van der Waals surface area contributed by atoms with Crippen LogP contribution in [0.5, 0.6) is 0 Å². The predicted octanol–water partition coefficient (Wildman–Crippen LogP) is 5.96. The first-order valence-electron chi connectivity index (χ1n) is 10.9. The number of unbranched alkanes of at least 4 members (excludes halogenated alkanes) is 4. The molecule has 3 atom stereocenters. The summed E-state index contributed by atoms with van der Waals surface area (Å²) < 4.78 is 5.46. The van der Waals surface area contributed by atoms with Crippen LogP contribution >= 0.6 is 0 Å². The van der Waals surface area contributed by atoms with Crippen molar-refractivity contribution in [2.24, 2.45) is 16.7 Å². The number of hydrogen-bond donors (Lipinski definition) is 2. The molecule has 158 valence electrons. The zero-order valence-corrected chi connectivity index (χ0v) is 18.8. The first-order chi connectivity index (χ1) is 12.1. The van der Waals surface area contributed by atoms with E-state index in [1.54, 1.807) is 7.11 Å². The molecule has 3 nitrogen and oxygen atoms in total. The van der Waals surface area contributed by atoms with E-state index in [1.165, 1.54) is 32.1 Å². The molecule has 0 heterocycles. The van der Waals surface area contributed by atoms with Gasteiger partial charge in [0.2, 0.25) is 0 Å². The highest BCUT2D eigenvalue weighted by atomic mass is 16.5. The van der Waals surface area contributed by atoms with Gasteiger partial charge in [-0.05, 0) is 49.4 Å². The third-order valence-electron chi connectivity index (χ3n) is 6.78. The first kappa shape index (κ1) is 25.9. The quantitative estimate of drug-likeness (QED) is 0.328. The first-order valence-corrected chi connectivity index (χ1v) is 10.9. The van der Waals surface area contributed by atoms with Gasteiger partial charge in [-0.2, -0.15) is 0 Å². The van der Waals surface area contributed by atoms with E-state index in [4.69, 9.17) is 4.74 Å². The lowest BCUT2D eigenvalue weighted by molar-refractivity contribution is 0.0146. The van der Waals surface area contributed by atoms with E-state index in [0.29, 0.717) is 12.0 Å². The Labute approximate surface area is 163 Å². The van der Waals surface area contributed by atoms with Crippen molar-refractivity contribution >= 4 is 0 Å². The summed E-state index contributed by atoms with van der Waals surface area (Å²) in [6.45, 7) is 13.6. The van der Waals surface area contributed by atoms with Crippen molar-refractivity contribution in [1.29, 1.82) is 0 Å². The minimum atomic E-state index is -0.134. The van der Waals surface area contributed by atoms with Gasteiger partial charge in [0.1, 0.15) is 0 Å². The molecule has 0 aromatic carbocycles. The van der Waals surface area contributed by atoms with Gasteiger partial charge in [-0.25, -0.2) is 0 Å². The molecule has 0 spiro atoms. The van der Waals surface area contributed by atoms with Gasteiger partial charge >= 0.3 is 0 Å². The number of aliphatic hydroxyl groups is 2. The molecular weight excluding hydrogens is 324 g/mol. The van der Waals surface area contributed by atoms with Crippen LogP contribution in [-0.2, 0) is 4.74 Å². The standard InChI is InChI=1S/C23H48O3/c1-19(18-24)22(3,4)16-12-8-10-14-21(25)15-11-9-13-17-23(5,6)20(2)26-7/h19-21,24-25H,8-18H2,1-7H3. The second kappa shape index (κ2) is 13.1. The predicted molar refractivity (Wildman–Crippen MR) is 112 cm³/mol. The molecule has 0 saturated heterocycles. The van der Waals surface area contributed by atoms with E-state index >= 15 is 0 Å². The average molecular weight is 373 g/mol. The van der Waals surface area contributed by atoms with Crippen molar-refractivity contribution in [2.75, 3.05) is 13.7 Å². The Kier molecular flexibility index (Phi) is 13.1. The fourth-order valence-corrected chi connectivity index (χ4v) is 3.43. The molecule has 3 heteroatoms. The Hall–Kier alpha value is -0.120. The van der Waals surface area contributed by atoms with E-state index in [0.717, 1.165) is 32.1 Å². The Balaban J connectivity index is 3.68. The molecule has 3 unspecified atom stereocenters. The largest absolute Gasteiger partial charge is 0.396 e. The summed E-state index contributed by atoms with van der Waals surface area (Å²) in [6.07, 6.45) is 11.4. The molecule has 0 aliphatic heterocycles. The van der Waals surface area contributed by atoms with Gasteiger partial charge < -0.3 is 14.9 Å². The van der Waals surface area contributed by atoms with Crippen molar-refractivity contribution in [3.8, 4) is 0 Å². The van der Waals surface area contributed by atoms with Gasteiger partial charge in [-0.1, -0.05) is 73.1 Å². The molecule has 2 N–H and O–H groups in total. The summed E-state index contributed by atoms with van der Waals surface area (Å²) in [4.78, 5) is 0. The van der Waals surface area contributed by atoms with Crippen LogP contribution in [0.3, 0.4) is 0 Å². The average Bonchev–Trinajstić information content (AvgIpc) is 2.59. The number of methoxy groups -OCH3 is 1. The molecule has 0 aromatic rings. The van der Waals surface area contributed by atoms with Crippen molar-refractivity contribution < 1.29 is 14.9 Å². The van der Waals surface area contributed by atoms with Crippen molar-refractivity contribution in [3.63, 3.8) is 0 Å². The minimum Gasteiger partial charge on any atom is -0.396 e. The van der Waals surface area contributed by atoms with E-state index in [1.807, 2.05) is 0 Å². The molecule has 0 aliphatic rings. The van der Waals surface area contributed by atoms with Crippen LogP contribution in [0.2, 0.25) is 0 Å². The second-order valence-corrected chi connectivity index (χ2v) is 9.79. The molecule has 0 aliphatic carbocycles. The number of rotatable bonds is 16. The van der Waals surface area contributed by atoms with Gasteiger partial charge in [0.15, 0.2) is 0 Å². The monoisotopic (exact) mass is 372 g/mol. The van der Waals surface area contributed by atoms with Gasteiger partial charge in [0.25, 0.3) is 0 Å². The van der Waals surface area contributed by atoms with E-state index in [9.17, 15) is 10.2 Å². The topological polar surface area (TPSA) is 49.7 Å². The summed E-state index contributed by atoms with van der Waals surface area (Å²) in [5, 5.41) is 19.5. The molecule has 0 rings (SSSR count). The van der Waals surface area contributed by atoms with E-state index in [2.05, 4.69) is 41.5 Å². The van der Waals surface area contributed by atoms with Crippen LogP contribution in [0.25, 0.3) is 0 Å². The zero-order valence-electron chi connectivity index (χ0n) is 18.8. The van der Waals surface area contributed by atoms with Gasteiger partial charge in [0.05, 0.1) is 12.2 Å². The van der Waals surface area contributed by atoms with Crippen LogP contribution in [0.1, 0.15) is 106 Å². The van der Waals surface area contributed by atoms with Gasteiger partial charge in [-0.3, -0.25) is 0 Å². The molecule has 0 saturated carbocycles. The van der Waals surface area contributed by atoms with Crippen LogP contribution in [-0.4, -0.2) is 36.1 Å². The number of ether oxygens (including phenoxy) is 1. The summed E-state index contributed by atoms with van der Waals surface area (Å²) in [6, 6.07) is 0. The molecule has 0 bridgehead atoms. The Morgan fingerprint density at radius 2 is 1.23 bits per heavy atom. The maximum absolute atomic E-state index is 10.2. The fraction of sp³-hybridized carbons (Fsp3) is 1.00. The molecular formula is C23H48O3. The lowest BCUT2D eigenvalue weighted by atomic mass is 9.76. The minimum absolute atomic E-state index is 0.134. The van der Waals surface area contributed by atoms with Crippen LogP contribution in [0.4, 0.5) is 0 Å². The fourth-order valence-electron chi connectivity index (χ4n) is 3.43. The van der Waals surface area contributed by atoms with Crippen LogP contribution in [0, 0.1) is 16.7 Å². The maximum Gasteiger partial charge on any atom is 0.0594 e. The molecule has 26 heavy (non-hydrogen) atoms. The third-order valence-corrected chi connectivity index (χ3v) is 6.78. The molecule has 0 radical (unpaired) electrons. The normalized spacial score (nSPS) is 16.5. The molecule has 0 aromatic heterocycles. The van der Waals surface area contributed by atoms with Crippen LogP contribution < -0.4 is 0 Å².